The molecule has 5 nitrogen and oxygen atoms in total. The molecule has 1 unspecified atom stereocenters. The van der Waals surface area contributed by atoms with E-state index in [1.165, 1.54) is 0 Å². The van der Waals surface area contributed by atoms with Crippen LogP contribution in [0.4, 0.5) is 0 Å². The summed E-state index contributed by atoms with van der Waals surface area (Å²) in [6.45, 7) is 2.34. The molecule has 1 aliphatic heterocycles. The Labute approximate surface area is 115 Å². The number of methoxy groups -OCH3 is 1. The smallest absolute Gasteiger partial charge is 0.176 e. The maximum atomic E-state index is 5.89. The predicted octanol–water partition coefficient (Wildman–Crippen LogP) is 2.85. The van der Waals surface area contributed by atoms with Crippen LogP contribution in [0.5, 0.6) is 5.75 Å². The van der Waals surface area contributed by atoms with E-state index in [9.17, 15) is 0 Å². The molecule has 0 aliphatic carbocycles. The molecular formula is C15H15NO4. The number of morpholine rings is 1. The Bertz CT molecular complexity index is 700. The monoisotopic (exact) mass is 273 g/mol. The van der Waals surface area contributed by atoms with E-state index >= 15 is 0 Å². The van der Waals surface area contributed by atoms with Crippen molar-refractivity contribution >= 4 is 21.9 Å². The van der Waals surface area contributed by atoms with Crippen molar-refractivity contribution in [1.82, 2.24) is 5.32 Å². The normalized spacial score (nSPS) is 19.8. The van der Waals surface area contributed by atoms with Gasteiger partial charge in [0.1, 0.15) is 5.58 Å². The summed E-state index contributed by atoms with van der Waals surface area (Å²) in [6, 6.07) is 3.84. The van der Waals surface area contributed by atoms with Crippen LogP contribution < -0.4 is 10.1 Å². The Morgan fingerprint density at radius 3 is 2.70 bits per heavy atom. The first kappa shape index (κ1) is 11.8. The first-order valence-electron chi connectivity index (χ1n) is 6.66. The summed E-state index contributed by atoms with van der Waals surface area (Å²) in [6.07, 6.45) is 3.31. The lowest BCUT2D eigenvalue weighted by Crippen LogP contribution is -2.33. The molecule has 1 aliphatic rings. The van der Waals surface area contributed by atoms with Crippen LogP contribution in [0.2, 0.25) is 0 Å². The summed E-state index contributed by atoms with van der Waals surface area (Å²) in [7, 11) is 1.64. The Balaban J connectivity index is 2.05. The summed E-state index contributed by atoms with van der Waals surface area (Å²) in [4.78, 5) is 0. The average molecular weight is 273 g/mol. The fourth-order valence-corrected chi connectivity index (χ4v) is 2.91. The van der Waals surface area contributed by atoms with Gasteiger partial charge in [0.25, 0.3) is 0 Å². The van der Waals surface area contributed by atoms with E-state index in [-0.39, 0.29) is 6.10 Å². The minimum Gasteiger partial charge on any atom is -0.492 e. The van der Waals surface area contributed by atoms with E-state index < -0.39 is 0 Å². The Morgan fingerprint density at radius 2 is 1.95 bits per heavy atom. The SMILES string of the molecule is COc1c2ccoc2c(C2CNCCO2)c2ccoc12. The van der Waals surface area contributed by atoms with Crippen molar-refractivity contribution in [3.8, 4) is 5.75 Å². The number of hydrogen-bond acceptors (Lipinski definition) is 5. The average Bonchev–Trinajstić information content (AvgIpc) is 3.14. The van der Waals surface area contributed by atoms with Crippen LogP contribution >= 0.6 is 0 Å². The number of rotatable bonds is 2. The van der Waals surface area contributed by atoms with Crippen molar-refractivity contribution < 1.29 is 18.3 Å². The molecule has 0 radical (unpaired) electrons. The lowest BCUT2D eigenvalue weighted by molar-refractivity contribution is 0.0289. The van der Waals surface area contributed by atoms with Gasteiger partial charge in [-0.3, -0.25) is 0 Å². The summed E-state index contributed by atoms with van der Waals surface area (Å²) in [5.41, 5.74) is 2.58. The third-order valence-corrected chi connectivity index (χ3v) is 3.77. The minimum atomic E-state index is -0.0385. The molecule has 2 aromatic heterocycles. The summed E-state index contributed by atoms with van der Waals surface area (Å²) in [5, 5.41) is 5.25. The summed E-state index contributed by atoms with van der Waals surface area (Å²) >= 11 is 0. The lowest BCUT2D eigenvalue weighted by Gasteiger charge is -2.24. The number of benzene rings is 1. The Morgan fingerprint density at radius 1 is 1.15 bits per heavy atom. The number of hydrogen-bond donors (Lipinski definition) is 1. The van der Waals surface area contributed by atoms with Gasteiger partial charge in [-0.1, -0.05) is 0 Å². The maximum Gasteiger partial charge on any atom is 0.176 e. The van der Waals surface area contributed by atoms with Gasteiger partial charge in [-0.15, -0.1) is 0 Å². The topological polar surface area (TPSA) is 56.8 Å². The summed E-state index contributed by atoms with van der Waals surface area (Å²) in [5.74, 6) is 0.710. The molecular weight excluding hydrogens is 258 g/mol. The van der Waals surface area contributed by atoms with Crippen molar-refractivity contribution in [2.24, 2.45) is 0 Å². The molecule has 0 spiro atoms. The fraction of sp³-hybridized carbons (Fsp3) is 0.333. The molecule has 1 saturated heterocycles. The Hall–Kier alpha value is -1.98. The van der Waals surface area contributed by atoms with E-state index in [1.54, 1.807) is 19.6 Å². The van der Waals surface area contributed by atoms with Gasteiger partial charge >= 0.3 is 0 Å². The lowest BCUT2D eigenvalue weighted by atomic mass is 10.0. The van der Waals surface area contributed by atoms with Crippen molar-refractivity contribution in [2.75, 3.05) is 26.8 Å². The molecule has 5 heteroatoms. The third kappa shape index (κ3) is 1.57. The molecule has 4 rings (SSSR count). The molecule has 0 bridgehead atoms. The number of nitrogens with one attached hydrogen (secondary N) is 1. The third-order valence-electron chi connectivity index (χ3n) is 3.77. The van der Waals surface area contributed by atoms with Gasteiger partial charge in [-0.05, 0) is 12.1 Å². The highest BCUT2D eigenvalue weighted by atomic mass is 16.5. The number of furan rings is 2. The number of ether oxygens (including phenoxy) is 2. The van der Waals surface area contributed by atoms with Gasteiger partial charge in [-0.2, -0.15) is 0 Å². The van der Waals surface area contributed by atoms with Crippen molar-refractivity contribution in [3.63, 3.8) is 0 Å². The van der Waals surface area contributed by atoms with E-state index in [1.807, 2.05) is 12.1 Å². The molecule has 0 saturated carbocycles. The van der Waals surface area contributed by atoms with Gasteiger partial charge < -0.3 is 23.6 Å². The van der Waals surface area contributed by atoms with Crippen LogP contribution in [-0.2, 0) is 4.74 Å². The van der Waals surface area contributed by atoms with Gasteiger partial charge in [0.05, 0.1) is 37.7 Å². The quantitative estimate of drug-likeness (QED) is 0.778. The first-order valence-corrected chi connectivity index (χ1v) is 6.66. The zero-order valence-electron chi connectivity index (χ0n) is 11.1. The van der Waals surface area contributed by atoms with E-state index in [0.717, 1.165) is 40.6 Å². The zero-order valence-corrected chi connectivity index (χ0v) is 11.1. The van der Waals surface area contributed by atoms with Gasteiger partial charge in [-0.25, -0.2) is 0 Å². The second-order valence-corrected chi connectivity index (χ2v) is 4.84. The van der Waals surface area contributed by atoms with Crippen LogP contribution in [0, 0.1) is 0 Å². The van der Waals surface area contributed by atoms with Gasteiger partial charge in [0.15, 0.2) is 11.3 Å². The molecule has 3 heterocycles. The maximum absolute atomic E-state index is 5.89. The highest BCUT2D eigenvalue weighted by molar-refractivity contribution is 6.04. The van der Waals surface area contributed by atoms with Crippen LogP contribution in [0.25, 0.3) is 21.9 Å². The molecule has 1 N–H and O–H groups in total. The summed E-state index contributed by atoms with van der Waals surface area (Å²) < 4.78 is 22.7. The van der Waals surface area contributed by atoms with Crippen molar-refractivity contribution in [2.45, 2.75) is 6.10 Å². The molecule has 1 atom stereocenters. The molecule has 104 valence electrons. The van der Waals surface area contributed by atoms with Crippen molar-refractivity contribution in [3.05, 3.63) is 30.2 Å². The van der Waals surface area contributed by atoms with Crippen LogP contribution in [0.15, 0.2) is 33.5 Å². The highest BCUT2D eigenvalue weighted by Crippen LogP contribution is 2.42. The molecule has 3 aromatic rings. The standard InChI is InChI=1S/C15H15NO4/c1-17-14-10-3-6-19-13(10)12(9-2-5-20-15(9)14)11-8-16-4-7-18-11/h2-3,5-6,11,16H,4,7-8H2,1H3. The van der Waals surface area contributed by atoms with E-state index in [2.05, 4.69) is 5.32 Å². The van der Waals surface area contributed by atoms with Gasteiger partial charge in [0, 0.05) is 24.0 Å². The zero-order chi connectivity index (χ0) is 13.5. The van der Waals surface area contributed by atoms with Crippen LogP contribution in [0.1, 0.15) is 11.7 Å². The second-order valence-electron chi connectivity index (χ2n) is 4.84. The minimum absolute atomic E-state index is 0.0385. The largest absolute Gasteiger partial charge is 0.492 e. The first-order chi connectivity index (χ1) is 9.90. The van der Waals surface area contributed by atoms with E-state index in [4.69, 9.17) is 18.3 Å². The number of fused-ring (bicyclic) bond motifs is 2. The molecule has 1 aromatic carbocycles. The molecule has 1 fully saturated rings. The van der Waals surface area contributed by atoms with Crippen molar-refractivity contribution in [1.29, 1.82) is 0 Å². The Kier molecular flexibility index (Phi) is 2.68. The molecule has 0 amide bonds. The molecule has 20 heavy (non-hydrogen) atoms. The van der Waals surface area contributed by atoms with Gasteiger partial charge in [0.2, 0.25) is 0 Å². The van der Waals surface area contributed by atoms with E-state index in [0.29, 0.717) is 12.4 Å². The highest BCUT2D eigenvalue weighted by Gasteiger charge is 2.26. The fourth-order valence-electron chi connectivity index (χ4n) is 2.91. The predicted molar refractivity (Wildman–Crippen MR) is 74.1 cm³/mol. The van der Waals surface area contributed by atoms with Crippen LogP contribution in [-0.4, -0.2) is 26.8 Å². The van der Waals surface area contributed by atoms with Crippen LogP contribution in [0.3, 0.4) is 0 Å². The second kappa shape index (κ2) is 4.54.